The van der Waals surface area contributed by atoms with Crippen LogP contribution in [0.25, 0.3) is 6.08 Å². The van der Waals surface area contributed by atoms with Crippen molar-refractivity contribution in [2.24, 2.45) is 11.7 Å². The Balaban J connectivity index is 2.06. The van der Waals surface area contributed by atoms with E-state index in [-0.39, 0.29) is 0 Å². The van der Waals surface area contributed by atoms with E-state index >= 15 is 0 Å². The van der Waals surface area contributed by atoms with Crippen molar-refractivity contribution in [3.05, 3.63) is 29.8 Å². The van der Waals surface area contributed by atoms with Gasteiger partial charge in [0.15, 0.2) is 11.5 Å². The van der Waals surface area contributed by atoms with Crippen LogP contribution in [0.3, 0.4) is 0 Å². The van der Waals surface area contributed by atoms with Gasteiger partial charge in [0, 0.05) is 6.54 Å². The van der Waals surface area contributed by atoms with Gasteiger partial charge >= 0.3 is 0 Å². The van der Waals surface area contributed by atoms with Gasteiger partial charge in [-0.3, -0.25) is 0 Å². The summed E-state index contributed by atoms with van der Waals surface area (Å²) in [5, 5.41) is 0. The molecule has 92 valence electrons. The van der Waals surface area contributed by atoms with Crippen LogP contribution in [0, 0.1) is 5.92 Å². The predicted molar refractivity (Wildman–Crippen MR) is 69.3 cm³/mol. The van der Waals surface area contributed by atoms with E-state index in [1.165, 1.54) is 12.8 Å². The molecule has 17 heavy (non-hydrogen) atoms. The fourth-order valence-corrected chi connectivity index (χ4v) is 1.60. The van der Waals surface area contributed by atoms with E-state index in [4.69, 9.17) is 15.2 Å². The minimum atomic E-state index is 0.544. The van der Waals surface area contributed by atoms with Crippen molar-refractivity contribution in [1.29, 1.82) is 0 Å². The molecule has 3 nitrogen and oxygen atoms in total. The summed E-state index contributed by atoms with van der Waals surface area (Å²) >= 11 is 0. The van der Waals surface area contributed by atoms with Crippen LogP contribution in [-0.4, -0.2) is 20.3 Å². The average Bonchev–Trinajstić information content (AvgIpc) is 3.18. The van der Waals surface area contributed by atoms with Gasteiger partial charge < -0.3 is 15.2 Å². The standard InChI is InChI=1S/C14H19NO2/c1-16-14-9-11(3-2-8-15)6-7-13(14)17-10-12-4-5-12/h2-3,6-7,9,12H,4-5,8,10,15H2,1H3/b3-2+. The topological polar surface area (TPSA) is 44.5 Å². The van der Waals surface area contributed by atoms with E-state index < -0.39 is 0 Å². The molecule has 2 N–H and O–H groups in total. The summed E-state index contributed by atoms with van der Waals surface area (Å²) < 4.78 is 11.1. The molecular weight excluding hydrogens is 214 g/mol. The van der Waals surface area contributed by atoms with E-state index in [0.717, 1.165) is 29.6 Å². The van der Waals surface area contributed by atoms with Gasteiger partial charge in [0.05, 0.1) is 13.7 Å². The Bertz CT molecular complexity index is 397. The molecule has 0 unspecified atom stereocenters. The van der Waals surface area contributed by atoms with Crippen molar-refractivity contribution in [2.45, 2.75) is 12.8 Å². The van der Waals surface area contributed by atoms with Gasteiger partial charge in [0.25, 0.3) is 0 Å². The number of nitrogens with two attached hydrogens (primary N) is 1. The van der Waals surface area contributed by atoms with Gasteiger partial charge in [-0.1, -0.05) is 18.2 Å². The maximum atomic E-state index is 5.74. The molecule has 3 heteroatoms. The summed E-state index contributed by atoms with van der Waals surface area (Å²) in [6.07, 6.45) is 6.48. The van der Waals surface area contributed by atoms with Crippen molar-refractivity contribution in [2.75, 3.05) is 20.3 Å². The lowest BCUT2D eigenvalue weighted by atomic mass is 10.2. The van der Waals surface area contributed by atoms with Crippen molar-refractivity contribution in [3.63, 3.8) is 0 Å². The van der Waals surface area contributed by atoms with E-state index in [2.05, 4.69) is 0 Å². The quantitative estimate of drug-likeness (QED) is 0.820. The second-order valence-electron chi connectivity index (χ2n) is 4.30. The maximum Gasteiger partial charge on any atom is 0.161 e. The molecule has 0 atom stereocenters. The fourth-order valence-electron chi connectivity index (χ4n) is 1.60. The van der Waals surface area contributed by atoms with Gasteiger partial charge in [-0.2, -0.15) is 0 Å². The molecule has 0 spiro atoms. The third-order valence-corrected chi connectivity index (χ3v) is 2.81. The molecule has 1 saturated carbocycles. The molecule has 2 rings (SSSR count). The molecule has 0 radical (unpaired) electrons. The van der Waals surface area contributed by atoms with Crippen LogP contribution < -0.4 is 15.2 Å². The molecule has 0 aliphatic heterocycles. The highest BCUT2D eigenvalue weighted by Crippen LogP contribution is 2.33. The Morgan fingerprint density at radius 1 is 1.35 bits per heavy atom. The SMILES string of the molecule is COc1cc(/C=C/CN)ccc1OCC1CC1. The zero-order chi connectivity index (χ0) is 12.1. The summed E-state index contributed by atoms with van der Waals surface area (Å²) in [5.74, 6) is 2.35. The molecule has 1 aromatic carbocycles. The fraction of sp³-hybridized carbons (Fsp3) is 0.429. The highest BCUT2D eigenvalue weighted by molar-refractivity contribution is 5.55. The number of rotatable bonds is 6. The zero-order valence-electron chi connectivity index (χ0n) is 10.2. The van der Waals surface area contributed by atoms with Gasteiger partial charge in [0.1, 0.15) is 0 Å². The second kappa shape index (κ2) is 5.73. The Kier molecular flexibility index (Phi) is 4.04. The molecule has 0 aromatic heterocycles. The first kappa shape index (κ1) is 12.0. The van der Waals surface area contributed by atoms with Crippen LogP contribution in [0.15, 0.2) is 24.3 Å². The van der Waals surface area contributed by atoms with Crippen molar-refractivity contribution >= 4 is 6.08 Å². The molecular formula is C14H19NO2. The molecule has 0 heterocycles. The van der Waals surface area contributed by atoms with Crippen LogP contribution >= 0.6 is 0 Å². The normalized spacial score (nSPS) is 15.2. The first-order valence-corrected chi connectivity index (χ1v) is 6.01. The van der Waals surface area contributed by atoms with Crippen LogP contribution in [0.2, 0.25) is 0 Å². The number of hydrogen-bond donors (Lipinski definition) is 1. The van der Waals surface area contributed by atoms with Crippen molar-refractivity contribution < 1.29 is 9.47 Å². The largest absolute Gasteiger partial charge is 0.493 e. The smallest absolute Gasteiger partial charge is 0.161 e. The highest BCUT2D eigenvalue weighted by Gasteiger charge is 2.22. The van der Waals surface area contributed by atoms with Crippen molar-refractivity contribution in [3.8, 4) is 11.5 Å². The Labute approximate surface area is 102 Å². The summed E-state index contributed by atoms with van der Waals surface area (Å²) in [6.45, 7) is 1.34. The molecule has 1 aromatic rings. The molecule has 1 aliphatic carbocycles. The summed E-state index contributed by atoms with van der Waals surface area (Å²) in [4.78, 5) is 0. The highest BCUT2D eigenvalue weighted by atomic mass is 16.5. The third-order valence-electron chi connectivity index (χ3n) is 2.81. The van der Waals surface area contributed by atoms with E-state index in [1.807, 2.05) is 30.4 Å². The average molecular weight is 233 g/mol. The van der Waals surface area contributed by atoms with Gasteiger partial charge in [-0.05, 0) is 36.5 Å². The van der Waals surface area contributed by atoms with Crippen molar-refractivity contribution in [1.82, 2.24) is 0 Å². The van der Waals surface area contributed by atoms with Crippen LogP contribution in [0.1, 0.15) is 18.4 Å². The first-order valence-electron chi connectivity index (χ1n) is 6.01. The molecule has 0 amide bonds. The Morgan fingerprint density at radius 3 is 2.82 bits per heavy atom. The van der Waals surface area contributed by atoms with Gasteiger partial charge in [-0.15, -0.1) is 0 Å². The van der Waals surface area contributed by atoms with E-state index in [9.17, 15) is 0 Å². The molecule has 0 saturated heterocycles. The molecule has 1 fully saturated rings. The van der Waals surface area contributed by atoms with Crippen LogP contribution in [-0.2, 0) is 0 Å². The molecule has 1 aliphatic rings. The number of ether oxygens (including phenoxy) is 2. The monoisotopic (exact) mass is 233 g/mol. The van der Waals surface area contributed by atoms with Gasteiger partial charge in [-0.25, -0.2) is 0 Å². The third kappa shape index (κ3) is 3.49. The van der Waals surface area contributed by atoms with Gasteiger partial charge in [0.2, 0.25) is 0 Å². The second-order valence-corrected chi connectivity index (χ2v) is 4.30. The lowest BCUT2D eigenvalue weighted by Crippen LogP contribution is -2.00. The summed E-state index contributed by atoms with van der Waals surface area (Å²) in [5.41, 5.74) is 6.50. The number of hydrogen-bond acceptors (Lipinski definition) is 3. The summed E-state index contributed by atoms with van der Waals surface area (Å²) in [6, 6.07) is 5.93. The Hall–Kier alpha value is -1.48. The number of methoxy groups -OCH3 is 1. The number of benzene rings is 1. The summed E-state index contributed by atoms with van der Waals surface area (Å²) in [7, 11) is 1.66. The first-order chi connectivity index (χ1) is 8.33. The minimum Gasteiger partial charge on any atom is -0.493 e. The van der Waals surface area contributed by atoms with Crippen LogP contribution in [0.4, 0.5) is 0 Å². The predicted octanol–water partition coefficient (Wildman–Crippen LogP) is 2.46. The van der Waals surface area contributed by atoms with E-state index in [0.29, 0.717) is 6.54 Å². The maximum absolute atomic E-state index is 5.74. The lowest BCUT2D eigenvalue weighted by Gasteiger charge is -2.10. The molecule has 0 bridgehead atoms. The zero-order valence-corrected chi connectivity index (χ0v) is 10.2. The Morgan fingerprint density at radius 2 is 2.18 bits per heavy atom. The minimum absolute atomic E-state index is 0.544. The van der Waals surface area contributed by atoms with Crippen LogP contribution in [0.5, 0.6) is 11.5 Å². The lowest BCUT2D eigenvalue weighted by molar-refractivity contribution is 0.280. The van der Waals surface area contributed by atoms with E-state index in [1.54, 1.807) is 7.11 Å².